The molecule has 2 rings (SSSR count). The lowest BCUT2D eigenvalue weighted by molar-refractivity contribution is 0.0904. The van der Waals surface area contributed by atoms with Gasteiger partial charge in [-0.15, -0.1) is 0 Å². The molecule has 6 heteroatoms. The van der Waals surface area contributed by atoms with Crippen LogP contribution in [0.2, 0.25) is 5.02 Å². The molecule has 124 valence electrons. The van der Waals surface area contributed by atoms with Crippen LogP contribution in [0.3, 0.4) is 0 Å². The van der Waals surface area contributed by atoms with Gasteiger partial charge in [0.1, 0.15) is 0 Å². The smallest absolute Gasteiger partial charge is 0.255 e. The van der Waals surface area contributed by atoms with E-state index in [4.69, 9.17) is 16.3 Å². The lowest BCUT2D eigenvalue weighted by Gasteiger charge is -2.15. The molecule has 0 aliphatic heterocycles. The zero-order valence-electron chi connectivity index (χ0n) is 13.8. The first-order chi connectivity index (χ1) is 10.9. The Morgan fingerprint density at radius 1 is 1.30 bits per heavy atom. The molecule has 1 N–H and O–H groups in total. The van der Waals surface area contributed by atoms with Gasteiger partial charge in [0.15, 0.2) is 0 Å². The second-order valence-electron chi connectivity index (χ2n) is 5.82. The Kier molecular flexibility index (Phi) is 5.80. The van der Waals surface area contributed by atoms with E-state index in [0.29, 0.717) is 17.2 Å². The molecule has 1 amide bonds. The van der Waals surface area contributed by atoms with Gasteiger partial charge in [-0.05, 0) is 37.1 Å². The van der Waals surface area contributed by atoms with Crippen molar-refractivity contribution in [3.8, 4) is 5.69 Å². The minimum absolute atomic E-state index is 0.0635. The quantitative estimate of drug-likeness (QED) is 0.880. The SMILES string of the molecule is COCC(C)NC(=O)c1cnn(-c2ccc(Cl)cc2)c1C(C)C. The Labute approximate surface area is 141 Å². The van der Waals surface area contributed by atoms with Gasteiger partial charge in [-0.1, -0.05) is 25.4 Å². The highest BCUT2D eigenvalue weighted by Crippen LogP contribution is 2.24. The molecule has 0 aliphatic rings. The summed E-state index contributed by atoms with van der Waals surface area (Å²) in [6, 6.07) is 7.32. The number of methoxy groups -OCH3 is 1. The summed E-state index contributed by atoms with van der Waals surface area (Å²) >= 11 is 5.94. The van der Waals surface area contributed by atoms with Gasteiger partial charge in [0.25, 0.3) is 5.91 Å². The fraction of sp³-hybridized carbons (Fsp3) is 0.412. The van der Waals surface area contributed by atoms with Crippen molar-refractivity contribution in [2.24, 2.45) is 0 Å². The molecule has 1 unspecified atom stereocenters. The third-order valence-electron chi connectivity index (χ3n) is 3.46. The number of nitrogens with zero attached hydrogens (tertiary/aromatic N) is 2. The second-order valence-corrected chi connectivity index (χ2v) is 6.25. The number of halogens is 1. The van der Waals surface area contributed by atoms with Crippen LogP contribution in [0.5, 0.6) is 0 Å². The van der Waals surface area contributed by atoms with E-state index < -0.39 is 0 Å². The molecule has 0 spiro atoms. The number of rotatable bonds is 6. The molecule has 0 saturated carbocycles. The van der Waals surface area contributed by atoms with E-state index in [0.717, 1.165) is 11.4 Å². The van der Waals surface area contributed by atoms with Crippen LogP contribution in [0.4, 0.5) is 0 Å². The van der Waals surface area contributed by atoms with Crippen molar-refractivity contribution < 1.29 is 9.53 Å². The predicted molar refractivity (Wildman–Crippen MR) is 91.5 cm³/mol. The first-order valence-electron chi connectivity index (χ1n) is 7.57. The molecule has 0 radical (unpaired) electrons. The van der Waals surface area contributed by atoms with Crippen LogP contribution < -0.4 is 5.32 Å². The molecule has 0 fully saturated rings. The Morgan fingerprint density at radius 3 is 2.52 bits per heavy atom. The predicted octanol–water partition coefficient (Wildman–Crippen LogP) is 3.41. The van der Waals surface area contributed by atoms with E-state index in [2.05, 4.69) is 10.4 Å². The highest BCUT2D eigenvalue weighted by Gasteiger charge is 2.21. The summed E-state index contributed by atoms with van der Waals surface area (Å²) in [5.74, 6) is 0.00474. The van der Waals surface area contributed by atoms with Crippen LogP contribution in [-0.4, -0.2) is 35.4 Å². The first-order valence-corrected chi connectivity index (χ1v) is 7.95. The highest BCUT2D eigenvalue weighted by molar-refractivity contribution is 6.30. The number of hydrogen-bond donors (Lipinski definition) is 1. The maximum absolute atomic E-state index is 12.5. The van der Waals surface area contributed by atoms with Gasteiger partial charge in [-0.3, -0.25) is 4.79 Å². The summed E-state index contributed by atoms with van der Waals surface area (Å²) < 4.78 is 6.84. The third kappa shape index (κ3) is 4.12. The van der Waals surface area contributed by atoms with Crippen LogP contribution >= 0.6 is 11.6 Å². The summed E-state index contributed by atoms with van der Waals surface area (Å²) in [6.07, 6.45) is 1.61. The Morgan fingerprint density at radius 2 is 1.96 bits per heavy atom. The topological polar surface area (TPSA) is 56.1 Å². The van der Waals surface area contributed by atoms with Crippen molar-refractivity contribution in [2.75, 3.05) is 13.7 Å². The van der Waals surface area contributed by atoms with Crippen molar-refractivity contribution >= 4 is 17.5 Å². The first kappa shape index (κ1) is 17.5. The number of amides is 1. The fourth-order valence-corrected chi connectivity index (χ4v) is 2.60. The Bertz CT molecular complexity index is 665. The van der Waals surface area contributed by atoms with Crippen molar-refractivity contribution in [1.29, 1.82) is 0 Å². The van der Waals surface area contributed by atoms with Gasteiger partial charge in [-0.2, -0.15) is 5.10 Å². The standard InChI is InChI=1S/C17H22ClN3O2/c1-11(2)16-15(17(22)20-12(3)10-23-4)9-19-21(16)14-7-5-13(18)6-8-14/h5-9,11-12H,10H2,1-4H3,(H,20,22). The summed E-state index contributed by atoms with van der Waals surface area (Å²) in [5, 5.41) is 7.99. The van der Waals surface area contributed by atoms with Crippen molar-refractivity contribution in [3.63, 3.8) is 0 Å². The van der Waals surface area contributed by atoms with Crippen molar-refractivity contribution in [2.45, 2.75) is 32.7 Å². The fourth-order valence-electron chi connectivity index (χ4n) is 2.47. The summed E-state index contributed by atoms with van der Waals surface area (Å²) in [6.45, 7) is 6.45. The van der Waals surface area contributed by atoms with Crippen LogP contribution in [0.15, 0.2) is 30.5 Å². The van der Waals surface area contributed by atoms with E-state index in [9.17, 15) is 4.79 Å². The van der Waals surface area contributed by atoms with Gasteiger partial charge >= 0.3 is 0 Å². The Balaban J connectivity index is 2.35. The van der Waals surface area contributed by atoms with Crippen LogP contribution in [0.25, 0.3) is 5.69 Å². The zero-order valence-corrected chi connectivity index (χ0v) is 14.6. The molecule has 23 heavy (non-hydrogen) atoms. The molecular formula is C17H22ClN3O2. The molecule has 2 aromatic rings. The summed E-state index contributed by atoms with van der Waals surface area (Å²) in [4.78, 5) is 12.5. The molecule has 0 bridgehead atoms. The largest absolute Gasteiger partial charge is 0.383 e. The number of aromatic nitrogens is 2. The molecular weight excluding hydrogens is 314 g/mol. The lowest BCUT2D eigenvalue weighted by atomic mass is 10.0. The summed E-state index contributed by atoms with van der Waals surface area (Å²) in [7, 11) is 1.61. The highest BCUT2D eigenvalue weighted by atomic mass is 35.5. The number of benzene rings is 1. The Hall–Kier alpha value is -1.85. The molecule has 1 aromatic carbocycles. The van der Waals surface area contributed by atoms with E-state index in [1.54, 1.807) is 18.0 Å². The number of carbonyl (C=O) groups excluding carboxylic acids is 1. The van der Waals surface area contributed by atoms with Crippen LogP contribution in [0, 0.1) is 0 Å². The van der Waals surface area contributed by atoms with Crippen molar-refractivity contribution in [1.82, 2.24) is 15.1 Å². The van der Waals surface area contributed by atoms with Crippen LogP contribution in [-0.2, 0) is 4.74 Å². The average Bonchev–Trinajstić information content (AvgIpc) is 2.93. The van der Waals surface area contributed by atoms with Gasteiger partial charge in [-0.25, -0.2) is 4.68 Å². The molecule has 0 aliphatic carbocycles. The van der Waals surface area contributed by atoms with Gasteiger partial charge in [0.05, 0.1) is 29.7 Å². The number of nitrogens with one attached hydrogen (secondary N) is 1. The normalized spacial score (nSPS) is 12.4. The van der Waals surface area contributed by atoms with Gasteiger partial charge in [0.2, 0.25) is 0 Å². The molecule has 1 heterocycles. The average molecular weight is 336 g/mol. The van der Waals surface area contributed by atoms with Crippen LogP contribution in [0.1, 0.15) is 42.7 Å². The number of hydrogen-bond acceptors (Lipinski definition) is 3. The lowest BCUT2D eigenvalue weighted by Crippen LogP contribution is -2.36. The second kappa shape index (κ2) is 7.62. The maximum Gasteiger partial charge on any atom is 0.255 e. The monoisotopic (exact) mass is 335 g/mol. The molecule has 0 saturated heterocycles. The zero-order chi connectivity index (χ0) is 17.0. The van der Waals surface area contributed by atoms with Crippen molar-refractivity contribution in [3.05, 3.63) is 46.7 Å². The molecule has 1 aromatic heterocycles. The van der Waals surface area contributed by atoms with E-state index in [1.807, 2.05) is 45.0 Å². The van der Waals surface area contributed by atoms with Gasteiger partial charge < -0.3 is 10.1 Å². The minimum atomic E-state index is -0.140. The molecule has 5 nitrogen and oxygen atoms in total. The minimum Gasteiger partial charge on any atom is -0.383 e. The molecule has 1 atom stereocenters. The number of carbonyl (C=O) groups is 1. The third-order valence-corrected chi connectivity index (χ3v) is 3.72. The van der Waals surface area contributed by atoms with E-state index >= 15 is 0 Å². The van der Waals surface area contributed by atoms with E-state index in [-0.39, 0.29) is 17.9 Å². The summed E-state index contributed by atoms with van der Waals surface area (Å²) in [5.41, 5.74) is 2.33. The number of ether oxygens (including phenoxy) is 1. The van der Waals surface area contributed by atoms with E-state index in [1.165, 1.54) is 0 Å². The van der Waals surface area contributed by atoms with Gasteiger partial charge in [0, 0.05) is 18.2 Å². The maximum atomic E-state index is 12.5.